The van der Waals surface area contributed by atoms with Gasteiger partial charge in [-0.2, -0.15) is 4.31 Å². The summed E-state index contributed by atoms with van der Waals surface area (Å²) in [5.74, 6) is -1.26. The molecule has 0 saturated carbocycles. The van der Waals surface area contributed by atoms with E-state index >= 15 is 0 Å². The molecule has 25 heavy (non-hydrogen) atoms. The number of halogens is 2. The molecule has 3 rings (SSSR count). The Kier molecular flexibility index (Phi) is 4.79. The van der Waals surface area contributed by atoms with E-state index in [4.69, 9.17) is 0 Å². The molecular formula is C18H20F2N2O2S. The summed E-state index contributed by atoms with van der Waals surface area (Å²) >= 11 is 0. The summed E-state index contributed by atoms with van der Waals surface area (Å²) in [6.07, 6.45) is 0. The quantitative estimate of drug-likeness (QED) is 0.838. The van der Waals surface area contributed by atoms with E-state index in [-0.39, 0.29) is 13.1 Å². The van der Waals surface area contributed by atoms with E-state index in [0.29, 0.717) is 29.2 Å². The zero-order chi connectivity index (χ0) is 18.2. The third kappa shape index (κ3) is 3.52. The summed E-state index contributed by atoms with van der Waals surface area (Å²) in [4.78, 5) is 2.04. The van der Waals surface area contributed by atoms with Crippen LogP contribution in [0.4, 0.5) is 14.5 Å². The molecule has 0 N–H and O–H groups in total. The molecule has 0 radical (unpaired) electrons. The number of hydrogen-bond acceptors (Lipinski definition) is 3. The lowest BCUT2D eigenvalue weighted by atomic mass is 10.2. The van der Waals surface area contributed by atoms with Gasteiger partial charge >= 0.3 is 0 Å². The normalized spacial score (nSPS) is 16.2. The third-order valence-corrected chi connectivity index (χ3v) is 6.50. The minimum Gasteiger partial charge on any atom is -0.367 e. The molecule has 1 aliphatic heterocycles. The number of nitrogens with zero attached hydrogens (tertiary/aromatic N) is 2. The largest absolute Gasteiger partial charge is 0.367 e. The minimum atomic E-state index is -3.58. The Morgan fingerprint density at radius 1 is 0.920 bits per heavy atom. The van der Waals surface area contributed by atoms with Crippen molar-refractivity contribution < 1.29 is 17.2 Å². The number of rotatable bonds is 3. The van der Waals surface area contributed by atoms with E-state index in [9.17, 15) is 17.2 Å². The Bertz CT molecular complexity index is 892. The van der Waals surface area contributed by atoms with E-state index in [1.54, 1.807) is 24.0 Å². The Labute approximate surface area is 146 Å². The molecule has 4 nitrogen and oxygen atoms in total. The van der Waals surface area contributed by atoms with Gasteiger partial charge in [-0.25, -0.2) is 17.2 Å². The second-order valence-electron chi connectivity index (χ2n) is 6.26. The van der Waals surface area contributed by atoms with E-state index < -0.39 is 21.7 Å². The van der Waals surface area contributed by atoms with Gasteiger partial charge in [-0.3, -0.25) is 0 Å². The van der Waals surface area contributed by atoms with Gasteiger partial charge in [0.15, 0.2) is 0 Å². The van der Waals surface area contributed by atoms with Gasteiger partial charge in [0.25, 0.3) is 0 Å². The topological polar surface area (TPSA) is 40.6 Å². The monoisotopic (exact) mass is 366 g/mol. The first-order valence-electron chi connectivity index (χ1n) is 8.06. The molecule has 1 fully saturated rings. The van der Waals surface area contributed by atoms with Crippen LogP contribution in [-0.2, 0) is 10.0 Å². The highest BCUT2D eigenvalue weighted by molar-refractivity contribution is 7.89. The first-order chi connectivity index (χ1) is 11.8. The second kappa shape index (κ2) is 6.72. The van der Waals surface area contributed by atoms with Crippen molar-refractivity contribution in [1.82, 2.24) is 4.31 Å². The fourth-order valence-corrected chi connectivity index (χ4v) is 4.76. The van der Waals surface area contributed by atoms with E-state index in [1.807, 2.05) is 13.0 Å². The molecule has 1 saturated heterocycles. The Hall–Kier alpha value is -1.99. The zero-order valence-electron chi connectivity index (χ0n) is 14.2. The van der Waals surface area contributed by atoms with Gasteiger partial charge in [-0.1, -0.05) is 17.7 Å². The van der Waals surface area contributed by atoms with Gasteiger partial charge in [0.2, 0.25) is 10.0 Å². The Morgan fingerprint density at radius 2 is 1.60 bits per heavy atom. The molecule has 7 heteroatoms. The van der Waals surface area contributed by atoms with Crippen LogP contribution >= 0.6 is 0 Å². The van der Waals surface area contributed by atoms with E-state index in [1.165, 1.54) is 16.4 Å². The number of aryl methyl sites for hydroxylation is 2. The highest BCUT2D eigenvalue weighted by Crippen LogP contribution is 2.25. The standard InChI is InChI=1S/C18H20F2N2O2S/c1-13-3-6-18(14(2)11-13)25(23,24)22-9-7-21(8-10-22)17-5-4-15(19)12-16(17)20/h3-6,11-12H,7-10H2,1-2H3. The lowest BCUT2D eigenvalue weighted by Gasteiger charge is -2.35. The summed E-state index contributed by atoms with van der Waals surface area (Å²) in [5.41, 5.74) is 2.02. The first kappa shape index (κ1) is 17.8. The molecule has 134 valence electrons. The average molecular weight is 366 g/mol. The summed E-state index contributed by atoms with van der Waals surface area (Å²) in [6.45, 7) is 4.92. The predicted octanol–water partition coefficient (Wildman–Crippen LogP) is 3.09. The van der Waals surface area contributed by atoms with Crippen LogP contribution in [0.3, 0.4) is 0 Å². The summed E-state index contributed by atoms with van der Waals surface area (Å²) < 4.78 is 54.1. The number of sulfonamides is 1. The SMILES string of the molecule is Cc1ccc(S(=O)(=O)N2CCN(c3ccc(F)cc3F)CC2)c(C)c1. The minimum absolute atomic E-state index is 0.256. The molecule has 1 heterocycles. The van der Waals surface area contributed by atoms with Gasteiger partial charge in [0, 0.05) is 32.2 Å². The molecule has 1 aliphatic rings. The van der Waals surface area contributed by atoms with Gasteiger partial charge < -0.3 is 4.90 Å². The van der Waals surface area contributed by atoms with Crippen molar-refractivity contribution in [3.05, 3.63) is 59.2 Å². The van der Waals surface area contributed by atoms with Crippen LogP contribution in [0.5, 0.6) is 0 Å². The first-order valence-corrected chi connectivity index (χ1v) is 9.50. The summed E-state index contributed by atoms with van der Waals surface area (Å²) in [6, 6.07) is 8.69. The summed E-state index contributed by atoms with van der Waals surface area (Å²) in [5, 5.41) is 0. The maximum Gasteiger partial charge on any atom is 0.243 e. The van der Waals surface area contributed by atoms with Crippen LogP contribution in [0, 0.1) is 25.5 Å². The Morgan fingerprint density at radius 3 is 2.20 bits per heavy atom. The van der Waals surface area contributed by atoms with Crippen LogP contribution in [0.2, 0.25) is 0 Å². The average Bonchev–Trinajstić information content (AvgIpc) is 2.54. The molecule has 2 aromatic carbocycles. The van der Waals surface area contributed by atoms with Crippen LogP contribution in [0.25, 0.3) is 0 Å². The lowest BCUT2D eigenvalue weighted by Crippen LogP contribution is -2.49. The lowest BCUT2D eigenvalue weighted by molar-refractivity contribution is 0.383. The number of hydrogen-bond donors (Lipinski definition) is 0. The van der Waals surface area contributed by atoms with Crippen molar-refractivity contribution in [2.75, 3.05) is 31.1 Å². The van der Waals surface area contributed by atoms with Crippen LogP contribution in [0.1, 0.15) is 11.1 Å². The second-order valence-corrected chi connectivity index (χ2v) is 8.16. The molecule has 0 amide bonds. The predicted molar refractivity (Wildman–Crippen MR) is 93.2 cm³/mol. The maximum atomic E-state index is 13.9. The van der Waals surface area contributed by atoms with Gasteiger partial charge in [0.05, 0.1) is 10.6 Å². The van der Waals surface area contributed by atoms with Gasteiger partial charge in [0.1, 0.15) is 11.6 Å². The summed E-state index contributed by atoms with van der Waals surface area (Å²) in [7, 11) is -3.58. The molecule has 0 bridgehead atoms. The van der Waals surface area contributed by atoms with Crippen LogP contribution < -0.4 is 4.90 Å². The van der Waals surface area contributed by atoms with Gasteiger partial charge in [-0.15, -0.1) is 0 Å². The number of piperazine rings is 1. The van der Waals surface area contributed by atoms with Crippen molar-refractivity contribution in [2.24, 2.45) is 0 Å². The maximum absolute atomic E-state index is 13.9. The molecular weight excluding hydrogens is 346 g/mol. The molecule has 0 aromatic heterocycles. The van der Waals surface area contributed by atoms with Gasteiger partial charge in [-0.05, 0) is 37.6 Å². The van der Waals surface area contributed by atoms with Crippen molar-refractivity contribution in [2.45, 2.75) is 18.7 Å². The smallest absolute Gasteiger partial charge is 0.243 e. The van der Waals surface area contributed by atoms with Crippen molar-refractivity contribution in [3.8, 4) is 0 Å². The number of benzene rings is 2. The van der Waals surface area contributed by atoms with E-state index in [2.05, 4.69) is 0 Å². The fourth-order valence-electron chi connectivity index (χ4n) is 3.13. The van der Waals surface area contributed by atoms with Crippen molar-refractivity contribution in [3.63, 3.8) is 0 Å². The third-order valence-electron chi connectivity index (χ3n) is 4.44. The number of anilines is 1. The zero-order valence-corrected chi connectivity index (χ0v) is 15.0. The van der Waals surface area contributed by atoms with Crippen molar-refractivity contribution in [1.29, 1.82) is 0 Å². The molecule has 2 aromatic rings. The van der Waals surface area contributed by atoms with Crippen LogP contribution in [0.15, 0.2) is 41.3 Å². The highest BCUT2D eigenvalue weighted by Gasteiger charge is 2.30. The highest BCUT2D eigenvalue weighted by atomic mass is 32.2. The van der Waals surface area contributed by atoms with E-state index in [0.717, 1.165) is 11.6 Å². The fraction of sp³-hybridized carbons (Fsp3) is 0.333. The molecule has 0 unspecified atom stereocenters. The molecule has 0 spiro atoms. The van der Waals surface area contributed by atoms with Crippen molar-refractivity contribution >= 4 is 15.7 Å². The van der Waals surface area contributed by atoms with Crippen LogP contribution in [-0.4, -0.2) is 38.9 Å². The Balaban J connectivity index is 1.77. The molecule has 0 aliphatic carbocycles. The molecule has 0 atom stereocenters.